The number of nitrogens with two attached hydrogens (primary N) is 1. The van der Waals surface area contributed by atoms with Crippen molar-refractivity contribution in [3.05, 3.63) is 29.8 Å². The van der Waals surface area contributed by atoms with E-state index in [4.69, 9.17) is 5.73 Å². The summed E-state index contributed by atoms with van der Waals surface area (Å²) in [6, 6.07) is 4.58. The lowest BCUT2D eigenvalue weighted by atomic mass is 10.0. The Bertz CT molecular complexity index is 545. The molecule has 0 radical (unpaired) electrons. The molecular formula is C14H20FN3. The molecule has 98 valence electrons. The zero-order chi connectivity index (χ0) is 13.3. The van der Waals surface area contributed by atoms with Gasteiger partial charge in [0.2, 0.25) is 0 Å². The zero-order valence-corrected chi connectivity index (χ0v) is 11.2. The second-order valence-electron chi connectivity index (χ2n) is 5.08. The van der Waals surface area contributed by atoms with E-state index < -0.39 is 0 Å². The summed E-state index contributed by atoms with van der Waals surface area (Å²) in [5.41, 5.74) is 7.84. The van der Waals surface area contributed by atoms with Gasteiger partial charge >= 0.3 is 0 Å². The number of nitrogens with zero attached hydrogens (tertiary/aromatic N) is 2. The highest BCUT2D eigenvalue weighted by Crippen LogP contribution is 2.24. The Labute approximate surface area is 107 Å². The van der Waals surface area contributed by atoms with E-state index in [1.807, 2.05) is 11.5 Å². The quantitative estimate of drug-likeness (QED) is 0.904. The van der Waals surface area contributed by atoms with Crippen LogP contribution in [-0.4, -0.2) is 9.55 Å². The minimum Gasteiger partial charge on any atom is -0.327 e. The molecule has 2 N–H and O–H groups in total. The monoisotopic (exact) mass is 249 g/mol. The van der Waals surface area contributed by atoms with E-state index in [0.29, 0.717) is 5.92 Å². The molecule has 0 saturated carbocycles. The van der Waals surface area contributed by atoms with Crippen LogP contribution in [0.1, 0.15) is 39.1 Å². The SMILES string of the molecule is CCn1c(C(N)CC(C)C)nc2ccc(F)cc21. The van der Waals surface area contributed by atoms with Crippen LogP contribution in [0.2, 0.25) is 0 Å². The van der Waals surface area contributed by atoms with Gasteiger partial charge in [-0.3, -0.25) is 0 Å². The third-order valence-electron chi connectivity index (χ3n) is 3.11. The second kappa shape index (κ2) is 5.06. The Morgan fingerprint density at radius 3 is 2.72 bits per heavy atom. The number of hydrogen-bond donors (Lipinski definition) is 1. The first kappa shape index (κ1) is 13.0. The molecule has 3 nitrogen and oxygen atoms in total. The van der Waals surface area contributed by atoms with Crippen LogP contribution in [-0.2, 0) is 6.54 Å². The highest BCUT2D eigenvalue weighted by Gasteiger charge is 2.17. The van der Waals surface area contributed by atoms with Gasteiger partial charge in [-0.2, -0.15) is 0 Å². The van der Waals surface area contributed by atoms with Crippen molar-refractivity contribution in [2.75, 3.05) is 0 Å². The molecule has 0 fully saturated rings. The number of hydrogen-bond acceptors (Lipinski definition) is 2. The van der Waals surface area contributed by atoms with Crippen molar-refractivity contribution in [1.29, 1.82) is 0 Å². The molecule has 0 aliphatic carbocycles. The summed E-state index contributed by atoms with van der Waals surface area (Å²) in [6.45, 7) is 7.05. The van der Waals surface area contributed by atoms with Gasteiger partial charge in [-0.15, -0.1) is 0 Å². The Kier molecular flexibility index (Phi) is 3.66. The van der Waals surface area contributed by atoms with Crippen LogP contribution in [0.25, 0.3) is 11.0 Å². The maximum Gasteiger partial charge on any atom is 0.126 e. The minimum absolute atomic E-state index is 0.0968. The highest BCUT2D eigenvalue weighted by molar-refractivity contribution is 5.76. The van der Waals surface area contributed by atoms with Crippen molar-refractivity contribution in [3.8, 4) is 0 Å². The van der Waals surface area contributed by atoms with E-state index in [-0.39, 0.29) is 11.9 Å². The van der Waals surface area contributed by atoms with Gasteiger partial charge in [0.15, 0.2) is 0 Å². The maximum absolute atomic E-state index is 13.3. The summed E-state index contributed by atoms with van der Waals surface area (Å²) in [6.07, 6.45) is 0.881. The van der Waals surface area contributed by atoms with Crippen molar-refractivity contribution in [2.24, 2.45) is 11.7 Å². The third kappa shape index (κ3) is 2.38. The van der Waals surface area contributed by atoms with Gasteiger partial charge in [-0.05, 0) is 37.5 Å². The molecule has 0 saturated heterocycles. The number of fused-ring (bicyclic) bond motifs is 1. The van der Waals surface area contributed by atoms with E-state index >= 15 is 0 Å². The molecule has 4 heteroatoms. The predicted octanol–water partition coefficient (Wildman–Crippen LogP) is 3.24. The Hall–Kier alpha value is -1.42. The standard InChI is InChI=1S/C14H20FN3/c1-4-18-13-8-10(15)5-6-12(13)17-14(18)11(16)7-9(2)3/h5-6,8-9,11H,4,7,16H2,1-3H3. The summed E-state index contributed by atoms with van der Waals surface area (Å²) < 4.78 is 15.3. The summed E-state index contributed by atoms with van der Waals surface area (Å²) in [5.74, 6) is 1.13. The molecule has 1 aromatic carbocycles. The topological polar surface area (TPSA) is 43.8 Å². The molecule has 0 spiro atoms. The van der Waals surface area contributed by atoms with Gasteiger partial charge in [-0.1, -0.05) is 13.8 Å². The summed E-state index contributed by atoms with van der Waals surface area (Å²) >= 11 is 0. The third-order valence-corrected chi connectivity index (χ3v) is 3.11. The average Bonchev–Trinajstić information content (AvgIpc) is 2.65. The molecule has 0 bridgehead atoms. The first-order chi connectivity index (χ1) is 8.52. The van der Waals surface area contributed by atoms with Crippen LogP contribution < -0.4 is 5.73 Å². The maximum atomic E-state index is 13.3. The fraction of sp³-hybridized carbons (Fsp3) is 0.500. The molecule has 1 aromatic heterocycles. The van der Waals surface area contributed by atoms with E-state index in [2.05, 4.69) is 18.8 Å². The molecule has 1 heterocycles. The van der Waals surface area contributed by atoms with Crippen molar-refractivity contribution in [3.63, 3.8) is 0 Å². The molecule has 18 heavy (non-hydrogen) atoms. The lowest BCUT2D eigenvalue weighted by molar-refractivity contribution is 0.479. The highest BCUT2D eigenvalue weighted by atomic mass is 19.1. The predicted molar refractivity (Wildman–Crippen MR) is 71.7 cm³/mol. The van der Waals surface area contributed by atoms with E-state index in [0.717, 1.165) is 29.8 Å². The van der Waals surface area contributed by atoms with Crippen LogP contribution in [0.3, 0.4) is 0 Å². The van der Waals surface area contributed by atoms with Crippen LogP contribution in [0.4, 0.5) is 4.39 Å². The number of imidazole rings is 1. The van der Waals surface area contributed by atoms with Crippen molar-refractivity contribution < 1.29 is 4.39 Å². The number of rotatable bonds is 4. The number of aromatic nitrogens is 2. The van der Waals surface area contributed by atoms with Gasteiger partial charge in [0, 0.05) is 6.54 Å². The molecule has 0 aliphatic rings. The number of benzene rings is 1. The Morgan fingerprint density at radius 1 is 1.39 bits per heavy atom. The molecule has 0 amide bonds. The summed E-state index contributed by atoms with van der Waals surface area (Å²) in [7, 11) is 0. The van der Waals surface area contributed by atoms with Crippen LogP contribution >= 0.6 is 0 Å². The molecule has 2 rings (SSSR count). The molecular weight excluding hydrogens is 229 g/mol. The fourth-order valence-electron chi connectivity index (χ4n) is 2.34. The van der Waals surface area contributed by atoms with Crippen LogP contribution in [0, 0.1) is 11.7 Å². The van der Waals surface area contributed by atoms with Gasteiger partial charge < -0.3 is 10.3 Å². The normalized spacial score (nSPS) is 13.4. The van der Waals surface area contributed by atoms with Crippen molar-refractivity contribution in [2.45, 2.75) is 39.8 Å². The first-order valence-corrected chi connectivity index (χ1v) is 6.44. The lowest BCUT2D eigenvalue weighted by Crippen LogP contribution is -2.18. The zero-order valence-electron chi connectivity index (χ0n) is 11.2. The van der Waals surface area contributed by atoms with E-state index in [1.54, 1.807) is 6.07 Å². The lowest BCUT2D eigenvalue weighted by Gasteiger charge is -2.15. The van der Waals surface area contributed by atoms with Crippen molar-refractivity contribution >= 4 is 11.0 Å². The minimum atomic E-state index is -0.235. The Morgan fingerprint density at radius 2 is 2.11 bits per heavy atom. The van der Waals surface area contributed by atoms with E-state index in [9.17, 15) is 4.39 Å². The number of aryl methyl sites for hydroxylation is 1. The average molecular weight is 249 g/mol. The van der Waals surface area contributed by atoms with Gasteiger partial charge in [0.25, 0.3) is 0 Å². The molecule has 2 aromatic rings. The van der Waals surface area contributed by atoms with E-state index in [1.165, 1.54) is 12.1 Å². The summed E-state index contributed by atoms with van der Waals surface area (Å²) in [5, 5.41) is 0. The first-order valence-electron chi connectivity index (χ1n) is 6.44. The van der Waals surface area contributed by atoms with Crippen LogP contribution in [0.15, 0.2) is 18.2 Å². The Balaban J connectivity index is 2.50. The van der Waals surface area contributed by atoms with Gasteiger partial charge in [0.1, 0.15) is 11.6 Å². The molecule has 0 aliphatic heterocycles. The number of halogens is 1. The van der Waals surface area contributed by atoms with Crippen LogP contribution in [0.5, 0.6) is 0 Å². The second-order valence-corrected chi connectivity index (χ2v) is 5.08. The molecule has 1 unspecified atom stereocenters. The van der Waals surface area contributed by atoms with Crippen molar-refractivity contribution in [1.82, 2.24) is 9.55 Å². The fourth-order valence-corrected chi connectivity index (χ4v) is 2.34. The smallest absolute Gasteiger partial charge is 0.126 e. The molecule has 1 atom stereocenters. The van der Waals surface area contributed by atoms with Gasteiger partial charge in [-0.25, -0.2) is 9.37 Å². The summed E-state index contributed by atoms with van der Waals surface area (Å²) in [4.78, 5) is 4.55. The van der Waals surface area contributed by atoms with Gasteiger partial charge in [0.05, 0.1) is 17.1 Å². The largest absolute Gasteiger partial charge is 0.327 e.